The number of rotatable bonds is 3. The molecule has 0 saturated heterocycles. The van der Waals surface area contributed by atoms with Crippen LogP contribution in [0, 0.1) is 5.82 Å². The Bertz CT molecular complexity index is 639. The van der Waals surface area contributed by atoms with Crippen LogP contribution in [0.25, 0.3) is 0 Å². The van der Waals surface area contributed by atoms with Gasteiger partial charge in [-0.15, -0.1) is 0 Å². The highest BCUT2D eigenvalue weighted by Gasteiger charge is 2.36. The molecule has 0 saturated carbocycles. The molecule has 0 aliphatic carbocycles. The van der Waals surface area contributed by atoms with Crippen LogP contribution in [0.4, 0.5) is 30.7 Å². The minimum atomic E-state index is -4.91. The normalized spacial score (nSPS) is 12.3. The smallest absolute Gasteiger partial charge is 0.416 e. The predicted molar refractivity (Wildman–Crippen MR) is 67.2 cm³/mol. The zero-order valence-electron chi connectivity index (χ0n) is 11.3. The van der Waals surface area contributed by atoms with E-state index >= 15 is 0 Å². The minimum Gasteiger partial charge on any atom is -0.489 e. The largest absolute Gasteiger partial charge is 0.489 e. The van der Waals surface area contributed by atoms with Crippen molar-refractivity contribution in [2.75, 3.05) is 0 Å². The van der Waals surface area contributed by atoms with Gasteiger partial charge in [0.05, 0.1) is 11.1 Å². The van der Waals surface area contributed by atoms with Crippen molar-refractivity contribution in [3.8, 4) is 5.75 Å². The summed E-state index contributed by atoms with van der Waals surface area (Å²) < 4.78 is 94.0. The van der Waals surface area contributed by atoms with E-state index in [1.165, 1.54) is 12.1 Å². The van der Waals surface area contributed by atoms with E-state index in [4.69, 9.17) is 4.74 Å². The summed E-state index contributed by atoms with van der Waals surface area (Å²) in [5, 5.41) is 0. The Morgan fingerprint density at radius 1 is 0.739 bits per heavy atom. The molecule has 0 N–H and O–H groups in total. The highest BCUT2D eigenvalue weighted by atomic mass is 19.4. The maximum Gasteiger partial charge on any atom is 0.416 e. The molecule has 8 heteroatoms. The van der Waals surface area contributed by atoms with Crippen molar-refractivity contribution >= 4 is 0 Å². The topological polar surface area (TPSA) is 9.23 Å². The monoisotopic (exact) mass is 338 g/mol. The highest BCUT2D eigenvalue weighted by molar-refractivity contribution is 5.34. The lowest BCUT2D eigenvalue weighted by atomic mass is 10.1. The molecule has 0 aliphatic rings. The summed E-state index contributed by atoms with van der Waals surface area (Å²) >= 11 is 0. The van der Waals surface area contributed by atoms with Crippen LogP contribution in [-0.4, -0.2) is 0 Å². The summed E-state index contributed by atoms with van der Waals surface area (Å²) in [6.45, 7) is -0.515. The van der Waals surface area contributed by atoms with E-state index in [1.807, 2.05) is 0 Å². The second kappa shape index (κ2) is 6.10. The summed E-state index contributed by atoms with van der Waals surface area (Å²) in [5.41, 5.74) is -3.12. The van der Waals surface area contributed by atoms with Crippen LogP contribution in [0.15, 0.2) is 42.5 Å². The van der Waals surface area contributed by atoms with Gasteiger partial charge in [0, 0.05) is 0 Å². The molecule has 2 rings (SSSR count). The SMILES string of the molecule is Fc1ccc(OCc2cc(C(F)(F)F)cc(C(F)(F)F)c2)cc1. The molecule has 0 atom stereocenters. The molecule has 0 heterocycles. The van der Waals surface area contributed by atoms with E-state index in [1.54, 1.807) is 0 Å². The Balaban J connectivity index is 2.28. The van der Waals surface area contributed by atoms with Crippen LogP contribution in [0.5, 0.6) is 5.75 Å². The molecule has 2 aromatic carbocycles. The maximum atomic E-state index is 12.7. The lowest BCUT2D eigenvalue weighted by Crippen LogP contribution is -2.12. The highest BCUT2D eigenvalue weighted by Crippen LogP contribution is 2.36. The molecule has 2 aromatic rings. The fraction of sp³-hybridized carbons (Fsp3) is 0.200. The minimum absolute atomic E-state index is 0.0430. The number of hydrogen-bond donors (Lipinski definition) is 0. The zero-order valence-corrected chi connectivity index (χ0v) is 11.3. The number of ether oxygens (including phenoxy) is 1. The first-order chi connectivity index (χ1) is 10.6. The number of benzene rings is 2. The van der Waals surface area contributed by atoms with Gasteiger partial charge in [0.2, 0.25) is 0 Å². The van der Waals surface area contributed by atoms with E-state index in [2.05, 4.69) is 0 Å². The average Bonchev–Trinajstić information content (AvgIpc) is 2.44. The first kappa shape index (κ1) is 17.1. The third-order valence-corrected chi connectivity index (χ3v) is 2.87. The third kappa shape index (κ3) is 4.61. The standard InChI is InChI=1S/C15H9F7O/c16-12-1-3-13(4-2-12)23-8-9-5-10(14(17,18)19)7-11(6-9)15(20,21)22/h1-7H,8H2. The summed E-state index contributed by atoms with van der Waals surface area (Å²) in [4.78, 5) is 0. The van der Waals surface area contributed by atoms with Crippen LogP contribution in [-0.2, 0) is 19.0 Å². The van der Waals surface area contributed by atoms with Crippen molar-refractivity contribution in [3.63, 3.8) is 0 Å². The second-order valence-electron chi connectivity index (χ2n) is 4.66. The summed E-state index contributed by atoms with van der Waals surface area (Å²) in [5.74, 6) is -0.423. The second-order valence-corrected chi connectivity index (χ2v) is 4.66. The van der Waals surface area contributed by atoms with Gasteiger partial charge in [-0.2, -0.15) is 26.3 Å². The fourth-order valence-electron chi connectivity index (χ4n) is 1.80. The molecule has 23 heavy (non-hydrogen) atoms. The molecule has 0 aliphatic heterocycles. The van der Waals surface area contributed by atoms with Crippen LogP contribution < -0.4 is 4.74 Å². The van der Waals surface area contributed by atoms with Gasteiger partial charge in [-0.3, -0.25) is 0 Å². The molecule has 0 spiro atoms. The van der Waals surface area contributed by atoms with E-state index in [0.717, 1.165) is 12.1 Å². The van der Waals surface area contributed by atoms with Gasteiger partial charge in [-0.05, 0) is 48.0 Å². The molecule has 0 aromatic heterocycles. The molecule has 0 fully saturated rings. The molecule has 124 valence electrons. The molecule has 0 radical (unpaired) electrons. The molecule has 0 amide bonds. The van der Waals surface area contributed by atoms with Crippen LogP contribution >= 0.6 is 0 Å². The van der Waals surface area contributed by atoms with Crippen LogP contribution in [0.2, 0.25) is 0 Å². The van der Waals surface area contributed by atoms with Gasteiger partial charge >= 0.3 is 12.4 Å². The first-order valence-corrected chi connectivity index (χ1v) is 6.22. The van der Waals surface area contributed by atoms with E-state index in [9.17, 15) is 30.7 Å². The lowest BCUT2D eigenvalue weighted by Gasteiger charge is -2.14. The summed E-state index contributed by atoms with van der Waals surface area (Å²) in [6.07, 6.45) is -9.82. The molecular formula is C15H9F7O. The van der Waals surface area contributed by atoms with Gasteiger partial charge < -0.3 is 4.74 Å². The fourth-order valence-corrected chi connectivity index (χ4v) is 1.80. The Kier molecular flexibility index (Phi) is 4.53. The van der Waals surface area contributed by atoms with Crippen LogP contribution in [0.1, 0.15) is 16.7 Å². The van der Waals surface area contributed by atoms with Gasteiger partial charge in [-0.25, -0.2) is 4.39 Å². The quantitative estimate of drug-likeness (QED) is 0.677. The van der Waals surface area contributed by atoms with Gasteiger partial charge in [0.15, 0.2) is 0 Å². The van der Waals surface area contributed by atoms with Gasteiger partial charge in [-0.1, -0.05) is 0 Å². The van der Waals surface area contributed by atoms with Crippen molar-refractivity contribution in [2.45, 2.75) is 19.0 Å². The Hall–Kier alpha value is -2.25. The zero-order chi connectivity index (χ0) is 17.3. The van der Waals surface area contributed by atoms with Crippen molar-refractivity contribution in [1.82, 2.24) is 0 Å². The predicted octanol–water partition coefficient (Wildman–Crippen LogP) is 5.44. The van der Waals surface area contributed by atoms with E-state index in [0.29, 0.717) is 12.1 Å². The first-order valence-electron chi connectivity index (χ1n) is 6.22. The third-order valence-electron chi connectivity index (χ3n) is 2.87. The van der Waals surface area contributed by atoms with Gasteiger partial charge in [0.1, 0.15) is 18.2 Å². The van der Waals surface area contributed by atoms with Crippen LogP contribution in [0.3, 0.4) is 0 Å². The van der Waals surface area contributed by atoms with Crippen molar-refractivity contribution in [1.29, 1.82) is 0 Å². The Labute approximate surface area is 126 Å². The molecular weight excluding hydrogens is 329 g/mol. The van der Waals surface area contributed by atoms with E-state index < -0.39 is 35.9 Å². The lowest BCUT2D eigenvalue weighted by molar-refractivity contribution is -0.143. The molecule has 0 bridgehead atoms. The molecule has 1 nitrogen and oxygen atoms in total. The average molecular weight is 338 g/mol. The number of hydrogen-bond acceptors (Lipinski definition) is 1. The van der Waals surface area contributed by atoms with Crippen molar-refractivity contribution < 1.29 is 35.5 Å². The van der Waals surface area contributed by atoms with Crippen molar-refractivity contribution in [2.24, 2.45) is 0 Å². The molecule has 0 unspecified atom stereocenters. The summed E-state index contributed by atoms with van der Waals surface area (Å²) in [7, 11) is 0. The van der Waals surface area contributed by atoms with Crippen molar-refractivity contribution in [3.05, 3.63) is 65.0 Å². The Morgan fingerprint density at radius 3 is 1.65 bits per heavy atom. The van der Waals surface area contributed by atoms with E-state index in [-0.39, 0.29) is 17.4 Å². The number of halogens is 7. The summed E-state index contributed by atoms with van der Waals surface area (Å²) in [6, 6.07) is 5.76. The maximum absolute atomic E-state index is 12.7. The van der Waals surface area contributed by atoms with Gasteiger partial charge in [0.25, 0.3) is 0 Å². The number of alkyl halides is 6. The Morgan fingerprint density at radius 2 is 1.22 bits per heavy atom.